The van der Waals surface area contributed by atoms with E-state index in [9.17, 15) is 9.59 Å². The molecule has 0 aliphatic rings. The summed E-state index contributed by atoms with van der Waals surface area (Å²) in [5.74, 6) is 0.213. The number of benzene rings is 1. The summed E-state index contributed by atoms with van der Waals surface area (Å²) in [5.41, 5.74) is 0.875. The molecule has 0 bridgehead atoms. The molecule has 118 valence electrons. The van der Waals surface area contributed by atoms with Gasteiger partial charge in [-0.25, -0.2) is 4.52 Å². The molecular weight excluding hydrogens is 298 g/mol. The van der Waals surface area contributed by atoms with Crippen LogP contribution in [0.1, 0.15) is 23.1 Å². The van der Waals surface area contributed by atoms with Crippen LogP contribution >= 0.6 is 0 Å². The quantitative estimate of drug-likeness (QED) is 0.757. The van der Waals surface area contributed by atoms with Crippen molar-refractivity contribution in [3.05, 3.63) is 52.2 Å². The highest BCUT2D eigenvalue weighted by molar-refractivity contribution is 6.07. The lowest BCUT2D eigenvalue weighted by Gasteiger charge is -2.06. The highest BCUT2D eigenvalue weighted by atomic mass is 16.5. The highest BCUT2D eigenvalue weighted by Crippen LogP contribution is 2.16. The van der Waals surface area contributed by atoms with E-state index in [2.05, 4.69) is 20.6 Å². The number of aromatic nitrogens is 4. The first-order chi connectivity index (χ1) is 11.1. The summed E-state index contributed by atoms with van der Waals surface area (Å²) in [4.78, 5) is 27.0. The second-order valence-electron chi connectivity index (χ2n) is 4.91. The number of hydrogen-bond acceptors (Lipinski definition) is 5. The first kappa shape index (κ1) is 14.8. The molecule has 1 aromatic carbocycles. The molecule has 0 aliphatic heterocycles. The van der Waals surface area contributed by atoms with E-state index in [-0.39, 0.29) is 11.2 Å². The van der Waals surface area contributed by atoms with Gasteiger partial charge in [-0.2, -0.15) is 0 Å². The second kappa shape index (κ2) is 5.91. The zero-order valence-electron chi connectivity index (χ0n) is 12.7. The first-order valence-corrected chi connectivity index (χ1v) is 7.07. The molecule has 0 saturated carbocycles. The van der Waals surface area contributed by atoms with Gasteiger partial charge in [0.25, 0.3) is 11.5 Å². The van der Waals surface area contributed by atoms with Gasteiger partial charge in [0, 0.05) is 11.4 Å². The van der Waals surface area contributed by atoms with Crippen molar-refractivity contribution in [3.63, 3.8) is 0 Å². The van der Waals surface area contributed by atoms with Gasteiger partial charge in [-0.15, -0.1) is 5.10 Å². The maximum atomic E-state index is 12.3. The highest BCUT2D eigenvalue weighted by Gasteiger charge is 2.18. The SMILES string of the molecule is CCOc1ccc(NC(=O)c2nnn3cc(C)[nH]c(=O)c23)cc1. The number of anilines is 1. The minimum Gasteiger partial charge on any atom is -0.494 e. The number of nitrogens with one attached hydrogen (secondary N) is 2. The van der Waals surface area contributed by atoms with E-state index in [1.807, 2.05) is 6.92 Å². The predicted octanol–water partition coefficient (Wildman–Crippen LogP) is 1.38. The summed E-state index contributed by atoms with van der Waals surface area (Å²) >= 11 is 0. The number of aryl methyl sites for hydroxylation is 1. The largest absolute Gasteiger partial charge is 0.494 e. The third kappa shape index (κ3) is 2.91. The van der Waals surface area contributed by atoms with Crippen LogP contribution in [0, 0.1) is 6.92 Å². The number of ether oxygens (including phenoxy) is 1. The van der Waals surface area contributed by atoms with Crippen molar-refractivity contribution >= 4 is 17.1 Å². The monoisotopic (exact) mass is 313 g/mol. The Morgan fingerprint density at radius 2 is 2.09 bits per heavy atom. The van der Waals surface area contributed by atoms with Gasteiger partial charge in [-0.3, -0.25) is 9.59 Å². The van der Waals surface area contributed by atoms with Crippen molar-refractivity contribution in [2.24, 2.45) is 0 Å². The van der Waals surface area contributed by atoms with Gasteiger partial charge in [0.05, 0.1) is 12.8 Å². The van der Waals surface area contributed by atoms with E-state index >= 15 is 0 Å². The van der Waals surface area contributed by atoms with E-state index in [4.69, 9.17) is 4.74 Å². The molecule has 1 amide bonds. The molecule has 8 heteroatoms. The van der Waals surface area contributed by atoms with Gasteiger partial charge < -0.3 is 15.0 Å². The summed E-state index contributed by atoms with van der Waals surface area (Å²) in [6, 6.07) is 6.92. The van der Waals surface area contributed by atoms with E-state index in [0.717, 1.165) is 0 Å². The molecule has 3 rings (SSSR count). The molecule has 0 radical (unpaired) electrons. The average Bonchev–Trinajstić information content (AvgIpc) is 2.93. The number of H-pyrrole nitrogens is 1. The molecule has 2 heterocycles. The van der Waals surface area contributed by atoms with E-state index in [1.165, 1.54) is 4.52 Å². The zero-order valence-corrected chi connectivity index (χ0v) is 12.7. The first-order valence-electron chi connectivity index (χ1n) is 7.07. The lowest BCUT2D eigenvalue weighted by atomic mass is 10.3. The summed E-state index contributed by atoms with van der Waals surface area (Å²) in [6.45, 7) is 4.19. The minimum atomic E-state index is -0.501. The average molecular weight is 313 g/mol. The van der Waals surface area contributed by atoms with Crippen molar-refractivity contribution < 1.29 is 9.53 Å². The fraction of sp³-hybridized carbons (Fsp3) is 0.200. The standard InChI is InChI=1S/C15H15N5O3/c1-3-23-11-6-4-10(5-7-11)17-14(21)12-13-15(22)16-9(2)8-20(13)19-18-12/h4-8H,3H2,1-2H3,(H,16,22)(H,17,21). The Balaban J connectivity index is 1.87. The van der Waals surface area contributed by atoms with Crippen LogP contribution in [-0.4, -0.2) is 32.3 Å². The maximum Gasteiger partial charge on any atom is 0.278 e. The number of nitrogens with zero attached hydrogens (tertiary/aromatic N) is 3. The molecule has 23 heavy (non-hydrogen) atoms. The normalized spacial score (nSPS) is 10.7. The van der Waals surface area contributed by atoms with Crippen LogP contribution in [0.2, 0.25) is 0 Å². The topological polar surface area (TPSA) is 101 Å². The second-order valence-corrected chi connectivity index (χ2v) is 4.91. The Morgan fingerprint density at radius 1 is 1.35 bits per heavy atom. The fourth-order valence-corrected chi connectivity index (χ4v) is 2.19. The predicted molar refractivity (Wildman–Crippen MR) is 83.9 cm³/mol. The molecule has 2 aromatic heterocycles. The molecule has 3 aromatic rings. The number of amides is 1. The summed E-state index contributed by atoms with van der Waals surface area (Å²) in [7, 11) is 0. The van der Waals surface area contributed by atoms with Crippen molar-refractivity contribution in [1.82, 2.24) is 19.8 Å². The van der Waals surface area contributed by atoms with E-state index in [0.29, 0.717) is 23.7 Å². The smallest absolute Gasteiger partial charge is 0.278 e. The Kier molecular flexibility index (Phi) is 3.80. The van der Waals surface area contributed by atoms with Crippen LogP contribution in [0.5, 0.6) is 5.75 Å². The molecule has 0 aliphatic carbocycles. The summed E-state index contributed by atoms with van der Waals surface area (Å²) in [6.07, 6.45) is 1.59. The number of fused-ring (bicyclic) bond motifs is 1. The lowest BCUT2D eigenvalue weighted by Crippen LogP contribution is -2.18. The Morgan fingerprint density at radius 3 is 2.78 bits per heavy atom. The lowest BCUT2D eigenvalue weighted by molar-refractivity contribution is 0.102. The van der Waals surface area contributed by atoms with Crippen LogP contribution in [0.25, 0.3) is 5.52 Å². The maximum absolute atomic E-state index is 12.3. The van der Waals surface area contributed by atoms with Crippen molar-refractivity contribution in [3.8, 4) is 5.75 Å². The van der Waals surface area contributed by atoms with Gasteiger partial charge in [-0.05, 0) is 38.1 Å². The summed E-state index contributed by atoms with van der Waals surface area (Å²) in [5, 5.41) is 10.3. The Hall–Kier alpha value is -3.16. The van der Waals surface area contributed by atoms with Crippen molar-refractivity contribution in [2.75, 3.05) is 11.9 Å². The summed E-state index contributed by atoms with van der Waals surface area (Å²) < 4.78 is 6.63. The fourth-order valence-electron chi connectivity index (χ4n) is 2.19. The van der Waals surface area contributed by atoms with E-state index < -0.39 is 11.5 Å². The van der Waals surface area contributed by atoms with Crippen LogP contribution < -0.4 is 15.6 Å². The van der Waals surface area contributed by atoms with Crippen LogP contribution in [-0.2, 0) is 0 Å². The number of hydrogen-bond donors (Lipinski definition) is 2. The third-order valence-corrected chi connectivity index (χ3v) is 3.17. The molecule has 8 nitrogen and oxygen atoms in total. The van der Waals surface area contributed by atoms with Gasteiger partial charge >= 0.3 is 0 Å². The number of carbonyl (C=O) groups excluding carboxylic acids is 1. The van der Waals surface area contributed by atoms with Crippen molar-refractivity contribution in [2.45, 2.75) is 13.8 Å². The molecular formula is C15H15N5O3. The van der Waals surface area contributed by atoms with Gasteiger partial charge in [0.2, 0.25) is 0 Å². The molecule has 0 atom stereocenters. The minimum absolute atomic E-state index is 0.0277. The number of rotatable bonds is 4. The van der Waals surface area contributed by atoms with Crippen LogP contribution in [0.3, 0.4) is 0 Å². The Bertz CT molecular complexity index is 911. The van der Waals surface area contributed by atoms with Crippen molar-refractivity contribution in [1.29, 1.82) is 0 Å². The van der Waals surface area contributed by atoms with Gasteiger partial charge in [0.15, 0.2) is 11.2 Å². The zero-order chi connectivity index (χ0) is 16.4. The van der Waals surface area contributed by atoms with Crippen LogP contribution in [0.15, 0.2) is 35.3 Å². The van der Waals surface area contributed by atoms with Crippen LogP contribution in [0.4, 0.5) is 5.69 Å². The van der Waals surface area contributed by atoms with Gasteiger partial charge in [-0.1, -0.05) is 5.21 Å². The van der Waals surface area contributed by atoms with E-state index in [1.54, 1.807) is 37.4 Å². The molecule has 0 spiro atoms. The Labute approximate surface area is 131 Å². The molecule has 0 unspecified atom stereocenters. The third-order valence-electron chi connectivity index (χ3n) is 3.17. The number of aromatic amines is 1. The molecule has 0 fully saturated rings. The molecule has 0 saturated heterocycles. The van der Waals surface area contributed by atoms with Gasteiger partial charge in [0.1, 0.15) is 5.75 Å². The molecule has 2 N–H and O–H groups in total. The number of carbonyl (C=O) groups is 1.